The largest absolute Gasteiger partial charge is 0.489 e. The predicted molar refractivity (Wildman–Crippen MR) is 140 cm³/mol. The standard InChI is InChI=1S/C24H24Cl3N3O3S/c1-24(2,16-12-19(26)21(20(27)13-16)32-11-9-25)15-4-6-18(7-5-15)33-14-17-8-10-28-22(29-17)30-23(31)34-3/h4-8,10,12-13H,9,11,14H2,1-3H3,(H,28,29,30,31). The smallest absolute Gasteiger partial charge is 0.285 e. The van der Waals surface area contributed by atoms with Crippen molar-refractivity contribution in [1.29, 1.82) is 0 Å². The van der Waals surface area contributed by atoms with Crippen molar-refractivity contribution in [3.63, 3.8) is 0 Å². The van der Waals surface area contributed by atoms with Crippen molar-refractivity contribution in [2.24, 2.45) is 0 Å². The SMILES string of the molecule is CSC(=O)Nc1nccc(COc2ccc(C(C)(C)c3cc(Cl)c(OCCCl)c(Cl)c3)cc2)n1. The topological polar surface area (TPSA) is 73.3 Å². The van der Waals surface area contributed by atoms with Crippen molar-refractivity contribution in [2.45, 2.75) is 25.9 Å². The molecule has 1 heterocycles. The van der Waals surface area contributed by atoms with Crippen LogP contribution in [0, 0.1) is 0 Å². The van der Waals surface area contributed by atoms with Gasteiger partial charge < -0.3 is 9.47 Å². The maximum Gasteiger partial charge on any atom is 0.285 e. The molecule has 1 aromatic heterocycles. The van der Waals surface area contributed by atoms with Gasteiger partial charge in [-0.15, -0.1) is 11.6 Å². The Morgan fingerprint density at radius 1 is 1.06 bits per heavy atom. The maximum absolute atomic E-state index is 11.5. The number of amides is 1. The molecule has 0 radical (unpaired) electrons. The average molecular weight is 541 g/mol. The Balaban J connectivity index is 1.70. The molecule has 10 heteroatoms. The summed E-state index contributed by atoms with van der Waals surface area (Å²) < 4.78 is 11.4. The first-order chi connectivity index (χ1) is 16.2. The summed E-state index contributed by atoms with van der Waals surface area (Å²) in [6.07, 6.45) is 3.26. The molecule has 0 atom stereocenters. The Morgan fingerprint density at radius 3 is 2.35 bits per heavy atom. The molecule has 3 aromatic rings. The number of carbonyl (C=O) groups is 1. The number of hydrogen-bond donors (Lipinski definition) is 1. The molecule has 2 aromatic carbocycles. The van der Waals surface area contributed by atoms with Crippen LogP contribution in [0.25, 0.3) is 0 Å². The predicted octanol–water partition coefficient (Wildman–Crippen LogP) is 7.20. The number of halogens is 3. The van der Waals surface area contributed by atoms with E-state index in [4.69, 9.17) is 44.3 Å². The molecule has 180 valence electrons. The van der Waals surface area contributed by atoms with Gasteiger partial charge in [-0.2, -0.15) is 0 Å². The van der Waals surface area contributed by atoms with E-state index in [9.17, 15) is 4.79 Å². The minimum Gasteiger partial charge on any atom is -0.489 e. The second-order valence-corrected chi connectivity index (χ2v) is 9.70. The molecular weight excluding hydrogens is 517 g/mol. The van der Waals surface area contributed by atoms with Crippen molar-refractivity contribution in [3.05, 3.63) is 75.5 Å². The molecule has 0 unspecified atom stereocenters. The number of thioether (sulfide) groups is 1. The number of nitrogens with zero attached hydrogens (tertiary/aromatic N) is 2. The van der Waals surface area contributed by atoms with Crippen LogP contribution in [-0.4, -0.2) is 33.9 Å². The van der Waals surface area contributed by atoms with Gasteiger partial charge in [0.15, 0.2) is 5.75 Å². The Morgan fingerprint density at radius 2 is 1.74 bits per heavy atom. The summed E-state index contributed by atoms with van der Waals surface area (Å²) in [5, 5.41) is 3.27. The average Bonchev–Trinajstić information content (AvgIpc) is 2.82. The van der Waals surface area contributed by atoms with Crippen molar-refractivity contribution >= 4 is 57.8 Å². The van der Waals surface area contributed by atoms with E-state index in [-0.39, 0.29) is 23.2 Å². The molecule has 0 aliphatic carbocycles. The van der Waals surface area contributed by atoms with Crippen molar-refractivity contribution in [3.8, 4) is 11.5 Å². The Labute approximate surface area is 218 Å². The number of benzene rings is 2. The lowest BCUT2D eigenvalue weighted by Crippen LogP contribution is -2.19. The third-order valence-corrected chi connectivity index (χ3v) is 6.31. The minimum atomic E-state index is -0.367. The molecule has 0 aliphatic heterocycles. The van der Waals surface area contributed by atoms with Gasteiger partial charge in [0.05, 0.1) is 21.6 Å². The van der Waals surface area contributed by atoms with Gasteiger partial charge in [0, 0.05) is 11.6 Å². The molecule has 3 rings (SSSR count). The Hall–Kier alpha value is -2.19. The van der Waals surface area contributed by atoms with Crippen LogP contribution in [0.5, 0.6) is 11.5 Å². The third kappa shape index (κ3) is 6.69. The zero-order chi connectivity index (χ0) is 24.7. The number of aromatic nitrogens is 2. The summed E-state index contributed by atoms with van der Waals surface area (Å²) in [5.41, 5.74) is 2.30. The zero-order valence-corrected chi connectivity index (χ0v) is 22.0. The van der Waals surface area contributed by atoms with Crippen LogP contribution in [0.1, 0.15) is 30.7 Å². The van der Waals surface area contributed by atoms with Crippen LogP contribution in [-0.2, 0) is 12.0 Å². The van der Waals surface area contributed by atoms with Crippen LogP contribution in [0.4, 0.5) is 10.7 Å². The molecule has 0 saturated carbocycles. The van der Waals surface area contributed by atoms with Gasteiger partial charge >= 0.3 is 0 Å². The van der Waals surface area contributed by atoms with Crippen molar-refractivity contribution < 1.29 is 14.3 Å². The van der Waals surface area contributed by atoms with E-state index in [1.165, 1.54) is 0 Å². The summed E-state index contributed by atoms with van der Waals surface area (Å²) >= 11 is 19.6. The fourth-order valence-corrected chi connectivity index (χ4v) is 4.04. The van der Waals surface area contributed by atoms with Gasteiger partial charge in [-0.1, -0.05) is 60.9 Å². The highest BCUT2D eigenvalue weighted by atomic mass is 35.5. The van der Waals surface area contributed by atoms with Gasteiger partial charge in [-0.25, -0.2) is 9.97 Å². The summed E-state index contributed by atoms with van der Waals surface area (Å²) in [6, 6.07) is 13.3. The lowest BCUT2D eigenvalue weighted by Gasteiger charge is -2.27. The molecule has 0 aliphatic rings. The van der Waals surface area contributed by atoms with Gasteiger partial charge in [-0.05, 0) is 47.7 Å². The Kier molecular flexibility index (Phi) is 9.31. The van der Waals surface area contributed by atoms with E-state index in [0.29, 0.717) is 39.7 Å². The molecular formula is C24H24Cl3N3O3S. The second-order valence-electron chi connectivity index (χ2n) is 7.73. The van der Waals surface area contributed by atoms with Gasteiger partial charge in [0.25, 0.3) is 5.24 Å². The monoisotopic (exact) mass is 539 g/mol. The fraction of sp³-hybridized carbons (Fsp3) is 0.292. The first-order valence-corrected chi connectivity index (χ1v) is 12.8. The first-order valence-electron chi connectivity index (χ1n) is 10.3. The van der Waals surface area contributed by atoms with Crippen LogP contribution in [0.15, 0.2) is 48.7 Å². The number of nitrogens with one attached hydrogen (secondary N) is 1. The third-order valence-electron chi connectivity index (χ3n) is 5.12. The molecule has 0 fully saturated rings. The number of rotatable bonds is 9. The van der Waals surface area contributed by atoms with E-state index in [2.05, 4.69) is 29.1 Å². The van der Waals surface area contributed by atoms with Crippen LogP contribution < -0.4 is 14.8 Å². The number of anilines is 1. The molecule has 1 amide bonds. The highest BCUT2D eigenvalue weighted by Crippen LogP contribution is 2.40. The highest BCUT2D eigenvalue weighted by Gasteiger charge is 2.25. The fourth-order valence-electron chi connectivity index (χ4n) is 3.17. The second kappa shape index (κ2) is 12.0. The van der Waals surface area contributed by atoms with Crippen molar-refractivity contribution in [2.75, 3.05) is 24.1 Å². The normalized spacial score (nSPS) is 11.2. The quantitative estimate of drug-likeness (QED) is 0.289. The highest BCUT2D eigenvalue weighted by molar-refractivity contribution is 8.13. The maximum atomic E-state index is 11.5. The molecule has 6 nitrogen and oxygen atoms in total. The van der Waals surface area contributed by atoms with Crippen LogP contribution >= 0.6 is 46.6 Å². The summed E-state index contributed by atoms with van der Waals surface area (Å²) in [6.45, 7) is 4.75. The lowest BCUT2D eigenvalue weighted by atomic mass is 9.78. The lowest BCUT2D eigenvalue weighted by molar-refractivity contribution is 0.269. The van der Waals surface area contributed by atoms with Gasteiger partial charge in [-0.3, -0.25) is 10.1 Å². The van der Waals surface area contributed by atoms with Gasteiger partial charge in [0.2, 0.25) is 5.95 Å². The van der Waals surface area contributed by atoms with E-state index < -0.39 is 0 Å². The van der Waals surface area contributed by atoms with Crippen LogP contribution in [0.2, 0.25) is 10.0 Å². The zero-order valence-electron chi connectivity index (χ0n) is 18.9. The van der Waals surface area contributed by atoms with E-state index in [1.807, 2.05) is 36.4 Å². The van der Waals surface area contributed by atoms with Crippen molar-refractivity contribution in [1.82, 2.24) is 9.97 Å². The number of hydrogen-bond acceptors (Lipinski definition) is 6. The number of ether oxygens (including phenoxy) is 2. The molecule has 0 saturated heterocycles. The molecule has 0 spiro atoms. The number of carbonyl (C=O) groups excluding carboxylic acids is 1. The summed E-state index contributed by atoms with van der Waals surface area (Å²) in [4.78, 5) is 19.8. The van der Waals surface area contributed by atoms with Crippen LogP contribution in [0.3, 0.4) is 0 Å². The molecule has 34 heavy (non-hydrogen) atoms. The number of alkyl halides is 1. The minimum absolute atomic E-state index is 0.226. The van der Waals surface area contributed by atoms with E-state index >= 15 is 0 Å². The van der Waals surface area contributed by atoms with E-state index in [1.54, 1.807) is 18.5 Å². The Bertz CT molecular complexity index is 1120. The molecule has 0 bridgehead atoms. The summed E-state index contributed by atoms with van der Waals surface area (Å²) in [7, 11) is 0. The molecule has 1 N–H and O–H groups in total. The van der Waals surface area contributed by atoms with Gasteiger partial charge in [0.1, 0.15) is 19.0 Å². The summed E-state index contributed by atoms with van der Waals surface area (Å²) in [5.74, 6) is 1.72. The first kappa shape index (κ1) is 26.4. The van der Waals surface area contributed by atoms with E-state index in [0.717, 1.165) is 22.9 Å².